The van der Waals surface area contributed by atoms with E-state index in [0.717, 1.165) is 24.3 Å². The molecule has 21 heavy (non-hydrogen) atoms. The van der Waals surface area contributed by atoms with Crippen LogP contribution in [0.5, 0.6) is 0 Å². The van der Waals surface area contributed by atoms with Crippen molar-refractivity contribution < 1.29 is 9.59 Å². The zero-order valence-electron chi connectivity index (χ0n) is 12.2. The van der Waals surface area contributed by atoms with Gasteiger partial charge in [0.1, 0.15) is 5.01 Å². The third-order valence-corrected chi connectivity index (χ3v) is 5.28. The number of rotatable bonds is 4. The fourth-order valence-corrected chi connectivity index (χ4v) is 3.81. The molecule has 1 saturated heterocycles. The molecule has 0 unspecified atom stereocenters. The molecule has 6 nitrogen and oxygen atoms in total. The highest BCUT2D eigenvalue weighted by Gasteiger charge is 2.38. The molecule has 1 aliphatic carbocycles. The third kappa shape index (κ3) is 3.07. The van der Waals surface area contributed by atoms with E-state index in [1.807, 2.05) is 11.8 Å². The smallest absolute Gasteiger partial charge is 0.231 e. The SMILES string of the molecule is CCc1nnc(NC(=O)[C@H]2CC(=O)N(C3CCCC3)C2)s1. The predicted molar refractivity (Wildman–Crippen MR) is 80.0 cm³/mol. The van der Waals surface area contributed by atoms with E-state index in [1.165, 1.54) is 24.2 Å². The molecule has 1 N–H and O–H groups in total. The summed E-state index contributed by atoms with van der Waals surface area (Å²) >= 11 is 1.39. The van der Waals surface area contributed by atoms with Crippen molar-refractivity contribution in [1.29, 1.82) is 0 Å². The highest BCUT2D eigenvalue weighted by atomic mass is 32.1. The maximum atomic E-state index is 12.3. The van der Waals surface area contributed by atoms with E-state index in [0.29, 0.717) is 24.1 Å². The standard InChI is InChI=1S/C14H20N4O2S/c1-2-11-16-17-14(21-11)15-13(20)9-7-12(19)18(8-9)10-5-3-4-6-10/h9-10H,2-8H2,1H3,(H,15,17,20)/t9-/m0/s1. The van der Waals surface area contributed by atoms with Crippen molar-refractivity contribution in [3.63, 3.8) is 0 Å². The number of aromatic nitrogens is 2. The molecule has 2 fully saturated rings. The molecule has 114 valence electrons. The number of nitrogens with one attached hydrogen (secondary N) is 1. The fraction of sp³-hybridized carbons (Fsp3) is 0.714. The van der Waals surface area contributed by atoms with E-state index in [-0.39, 0.29) is 17.7 Å². The van der Waals surface area contributed by atoms with Gasteiger partial charge in [0.05, 0.1) is 5.92 Å². The van der Waals surface area contributed by atoms with Gasteiger partial charge < -0.3 is 10.2 Å². The highest BCUT2D eigenvalue weighted by molar-refractivity contribution is 7.15. The number of nitrogens with zero attached hydrogens (tertiary/aromatic N) is 3. The lowest BCUT2D eigenvalue weighted by Gasteiger charge is -2.23. The second kappa shape index (κ2) is 6.09. The summed E-state index contributed by atoms with van der Waals surface area (Å²) in [7, 11) is 0. The molecule has 0 aromatic carbocycles. The van der Waals surface area contributed by atoms with Gasteiger partial charge in [-0.05, 0) is 19.3 Å². The average Bonchev–Trinajstić information content (AvgIpc) is 3.17. The summed E-state index contributed by atoms with van der Waals surface area (Å²) in [6.07, 6.45) is 5.67. The quantitative estimate of drug-likeness (QED) is 0.921. The summed E-state index contributed by atoms with van der Waals surface area (Å²) < 4.78 is 0. The largest absolute Gasteiger partial charge is 0.339 e. The second-order valence-electron chi connectivity index (χ2n) is 5.73. The van der Waals surface area contributed by atoms with Crippen LogP contribution in [0.25, 0.3) is 0 Å². The lowest BCUT2D eigenvalue weighted by Crippen LogP contribution is -2.35. The molecule has 3 rings (SSSR count). The molecule has 2 aliphatic rings. The van der Waals surface area contributed by atoms with Crippen molar-refractivity contribution in [3.05, 3.63) is 5.01 Å². The normalized spacial score (nSPS) is 23.0. The summed E-state index contributed by atoms with van der Waals surface area (Å²) in [6, 6.07) is 0.350. The minimum absolute atomic E-state index is 0.109. The molecule has 2 heterocycles. The Labute approximate surface area is 127 Å². The first-order valence-corrected chi connectivity index (χ1v) is 8.41. The molecule has 1 aliphatic heterocycles. The van der Waals surface area contributed by atoms with E-state index in [4.69, 9.17) is 0 Å². The zero-order chi connectivity index (χ0) is 14.8. The Hall–Kier alpha value is -1.50. The Morgan fingerprint density at radius 1 is 1.38 bits per heavy atom. The predicted octanol–water partition coefficient (Wildman–Crippen LogP) is 1.83. The molecule has 1 aromatic heterocycles. The fourth-order valence-electron chi connectivity index (χ4n) is 3.13. The first-order chi connectivity index (χ1) is 10.2. The molecule has 1 saturated carbocycles. The molecule has 0 bridgehead atoms. The van der Waals surface area contributed by atoms with Gasteiger partial charge in [0.15, 0.2) is 0 Å². The van der Waals surface area contributed by atoms with Gasteiger partial charge in [-0.2, -0.15) is 0 Å². The van der Waals surface area contributed by atoms with Crippen LogP contribution in [0.4, 0.5) is 5.13 Å². The van der Waals surface area contributed by atoms with Crippen LogP contribution in [-0.2, 0) is 16.0 Å². The number of hydrogen-bond donors (Lipinski definition) is 1. The Kier molecular flexibility index (Phi) is 4.19. The number of aryl methyl sites for hydroxylation is 1. The van der Waals surface area contributed by atoms with Crippen LogP contribution in [0.15, 0.2) is 0 Å². The van der Waals surface area contributed by atoms with E-state index in [1.54, 1.807) is 0 Å². The summed E-state index contributed by atoms with van der Waals surface area (Å²) in [5.74, 6) is -0.247. The maximum Gasteiger partial charge on any atom is 0.231 e. The van der Waals surface area contributed by atoms with E-state index < -0.39 is 0 Å². The maximum absolute atomic E-state index is 12.3. The molecule has 1 aromatic rings. The summed E-state index contributed by atoms with van der Waals surface area (Å²) in [5, 5.41) is 12.2. The number of anilines is 1. The van der Waals surface area contributed by atoms with Gasteiger partial charge in [0.2, 0.25) is 16.9 Å². The molecule has 1 atom stereocenters. The Balaban J connectivity index is 1.59. The van der Waals surface area contributed by atoms with Gasteiger partial charge in [-0.1, -0.05) is 31.1 Å². The molecule has 2 amide bonds. The van der Waals surface area contributed by atoms with Crippen LogP contribution in [0.2, 0.25) is 0 Å². The van der Waals surface area contributed by atoms with Gasteiger partial charge >= 0.3 is 0 Å². The van der Waals surface area contributed by atoms with Crippen LogP contribution in [0.1, 0.15) is 44.0 Å². The summed E-state index contributed by atoms with van der Waals surface area (Å²) in [6.45, 7) is 2.55. The van der Waals surface area contributed by atoms with Crippen molar-refractivity contribution in [2.75, 3.05) is 11.9 Å². The van der Waals surface area contributed by atoms with Crippen LogP contribution < -0.4 is 5.32 Å². The van der Waals surface area contributed by atoms with Gasteiger partial charge in [0, 0.05) is 19.0 Å². The number of carbonyl (C=O) groups is 2. The molecule has 7 heteroatoms. The highest BCUT2D eigenvalue weighted by Crippen LogP contribution is 2.30. The van der Waals surface area contributed by atoms with Gasteiger partial charge in [-0.15, -0.1) is 10.2 Å². The molecule has 0 radical (unpaired) electrons. The topological polar surface area (TPSA) is 75.2 Å². The van der Waals surface area contributed by atoms with Crippen molar-refractivity contribution in [2.24, 2.45) is 5.92 Å². The number of likely N-dealkylation sites (tertiary alicyclic amines) is 1. The van der Waals surface area contributed by atoms with E-state index >= 15 is 0 Å². The lowest BCUT2D eigenvalue weighted by atomic mass is 10.1. The van der Waals surface area contributed by atoms with Crippen LogP contribution in [0.3, 0.4) is 0 Å². The Morgan fingerprint density at radius 3 is 2.81 bits per heavy atom. The first-order valence-electron chi connectivity index (χ1n) is 7.60. The van der Waals surface area contributed by atoms with Gasteiger partial charge in [-0.3, -0.25) is 9.59 Å². The van der Waals surface area contributed by atoms with Crippen molar-refractivity contribution in [2.45, 2.75) is 51.5 Å². The summed E-state index contributed by atoms with van der Waals surface area (Å²) in [4.78, 5) is 26.3. The zero-order valence-corrected chi connectivity index (χ0v) is 13.0. The monoisotopic (exact) mass is 308 g/mol. The Morgan fingerprint density at radius 2 is 2.14 bits per heavy atom. The molecular weight excluding hydrogens is 288 g/mol. The third-order valence-electron chi connectivity index (χ3n) is 4.29. The number of amides is 2. The van der Waals surface area contributed by atoms with Crippen molar-refractivity contribution in [3.8, 4) is 0 Å². The number of carbonyl (C=O) groups excluding carboxylic acids is 2. The minimum Gasteiger partial charge on any atom is -0.339 e. The summed E-state index contributed by atoms with van der Waals surface area (Å²) in [5.41, 5.74) is 0. The second-order valence-corrected chi connectivity index (χ2v) is 6.79. The Bertz CT molecular complexity index is 539. The van der Waals surface area contributed by atoms with Crippen molar-refractivity contribution >= 4 is 28.3 Å². The van der Waals surface area contributed by atoms with E-state index in [2.05, 4.69) is 15.5 Å². The molecular formula is C14H20N4O2S. The van der Waals surface area contributed by atoms with E-state index in [9.17, 15) is 9.59 Å². The minimum atomic E-state index is -0.257. The first kappa shape index (κ1) is 14.4. The lowest BCUT2D eigenvalue weighted by molar-refractivity contribution is -0.129. The van der Waals surface area contributed by atoms with Crippen LogP contribution in [0, 0.1) is 5.92 Å². The van der Waals surface area contributed by atoms with Crippen molar-refractivity contribution in [1.82, 2.24) is 15.1 Å². The van der Waals surface area contributed by atoms with Gasteiger partial charge in [-0.25, -0.2) is 0 Å². The average molecular weight is 308 g/mol. The van der Waals surface area contributed by atoms with Crippen LogP contribution in [-0.4, -0.2) is 39.5 Å². The van der Waals surface area contributed by atoms with Gasteiger partial charge in [0.25, 0.3) is 0 Å². The number of hydrogen-bond acceptors (Lipinski definition) is 5. The molecule has 0 spiro atoms. The van der Waals surface area contributed by atoms with Crippen LogP contribution >= 0.6 is 11.3 Å².